The minimum Gasteiger partial charge on any atom is -0.490 e. The molecule has 2 aromatic carbocycles. The normalized spacial score (nSPS) is 10.5. The highest BCUT2D eigenvalue weighted by molar-refractivity contribution is 6.32. The van der Waals surface area contributed by atoms with E-state index in [0.29, 0.717) is 29.7 Å². The number of benzene rings is 2. The van der Waals surface area contributed by atoms with E-state index in [9.17, 15) is 4.39 Å². The topological polar surface area (TPSA) is 39.7 Å². The highest BCUT2D eigenvalue weighted by atomic mass is 35.5. The quantitative estimate of drug-likeness (QED) is 0.342. The summed E-state index contributed by atoms with van der Waals surface area (Å²) in [6, 6.07) is 10.0. The van der Waals surface area contributed by atoms with E-state index in [0.717, 1.165) is 50.1 Å². The van der Waals surface area contributed by atoms with Gasteiger partial charge in [0, 0.05) is 19.8 Å². The minimum absolute atomic E-state index is 0. The number of halogens is 3. The molecular weight excluding hydrogens is 428 g/mol. The Labute approximate surface area is 190 Å². The lowest BCUT2D eigenvalue weighted by atomic mass is 10.2. The molecule has 0 heterocycles. The number of ether oxygens (including phenoxy) is 3. The van der Waals surface area contributed by atoms with Gasteiger partial charge in [0.25, 0.3) is 0 Å². The summed E-state index contributed by atoms with van der Waals surface area (Å²) in [7, 11) is 0. The summed E-state index contributed by atoms with van der Waals surface area (Å²) >= 11 is 6.46. The summed E-state index contributed by atoms with van der Waals surface area (Å²) in [5.74, 6) is 0.846. The molecule has 0 aromatic heterocycles. The van der Waals surface area contributed by atoms with E-state index in [-0.39, 0.29) is 24.8 Å². The van der Waals surface area contributed by atoms with Crippen molar-refractivity contribution in [2.24, 2.45) is 0 Å². The Balaban J connectivity index is 0.00000450. The summed E-state index contributed by atoms with van der Waals surface area (Å²) in [5.41, 5.74) is 1.89. The van der Waals surface area contributed by atoms with Gasteiger partial charge in [0.2, 0.25) is 0 Å². The zero-order valence-corrected chi connectivity index (χ0v) is 19.3. The van der Waals surface area contributed by atoms with Crippen LogP contribution >= 0.6 is 24.0 Å². The fraction of sp³-hybridized carbons (Fsp3) is 0.478. The highest BCUT2D eigenvalue weighted by Crippen LogP contribution is 2.37. The molecule has 0 radical (unpaired) electrons. The van der Waals surface area contributed by atoms with Crippen LogP contribution in [-0.4, -0.2) is 26.4 Å². The van der Waals surface area contributed by atoms with Crippen molar-refractivity contribution in [3.8, 4) is 11.5 Å². The van der Waals surface area contributed by atoms with Gasteiger partial charge < -0.3 is 19.5 Å². The maximum absolute atomic E-state index is 13.0. The van der Waals surface area contributed by atoms with Gasteiger partial charge in [-0.1, -0.05) is 37.1 Å². The second-order valence-electron chi connectivity index (χ2n) is 6.75. The van der Waals surface area contributed by atoms with E-state index in [1.165, 1.54) is 12.1 Å². The van der Waals surface area contributed by atoms with Crippen LogP contribution in [0.25, 0.3) is 0 Å². The fourth-order valence-electron chi connectivity index (χ4n) is 2.74. The zero-order chi connectivity index (χ0) is 20.9. The Morgan fingerprint density at radius 2 is 1.70 bits per heavy atom. The predicted octanol–water partition coefficient (Wildman–Crippen LogP) is 6.18. The molecule has 0 aliphatic heterocycles. The minimum atomic E-state index is -0.272. The van der Waals surface area contributed by atoms with E-state index < -0.39 is 0 Å². The van der Waals surface area contributed by atoms with Crippen molar-refractivity contribution in [3.63, 3.8) is 0 Å². The predicted molar refractivity (Wildman–Crippen MR) is 123 cm³/mol. The maximum atomic E-state index is 13.0. The molecule has 0 saturated heterocycles. The first-order chi connectivity index (χ1) is 14.1. The zero-order valence-electron chi connectivity index (χ0n) is 17.7. The van der Waals surface area contributed by atoms with Gasteiger partial charge >= 0.3 is 0 Å². The number of unbranched alkanes of at least 4 members (excludes halogenated alkanes) is 1. The molecule has 2 rings (SSSR count). The Morgan fingerprint density at radius 3 is 2.40 bits per heavy atom. The third-order valence-corrected chi connectivity index (χ3v) is 4.56. The first-order valence-corrected chi connectivity index (χ1v) is 10.6. The molecule has 0 amide bonds. The van der Waals surface area contributed by atoms with Gasteiger partial charge in [0.05, 0.1) is 11.6 Å². The van der Waals surface area contributed by atoms with Crippen LogP contribution in [0.15, 0.2) is 36.4 Å². The largest absolute Gasteiger partial charge is 0.490 e. The van der Waals surface area contributed by atoms with Gasteiger partial charge in [-0.3, -0.25) is 0 Å². The molecular formula is C23H32Cl2FNO3. The van der Waals surface area contributed by atoms with E-state index >= 15 is 0 Å². The van der Waals surface area contributed by atoms with Crippen LogP contribution in [0.5, 0.6) is 11.5 Å². The molecule has 0 bridgehead atoms. The van der Waals surface area contributed by atoms with Crippen molar-refractivity contribution in [2.75, 3.05) is 26.4 Å². The first kappa shape index (κ1) is 26.5. The summed E-state index contributed by atoms with van der Waals surface area (Å²) < 4.78 is 30.2. The molecule has 4 nitrogen and oxygen atoms in total. The summed E-state index contributed by atoms with van der Waals surface area (Å²) in [5, 5.41) is 3.90. The van der Waals surface area contributed by atoms with Crippen LogP contribution in [0.2, 0.25) is 5.02 Å². The molecule has 0 fully saturated rings. The molecule has 168 valence electrons. The van der Waals surface area contributed by atoms with Crippen LogP contribution in [0.3, 0.4) is 0 Å². The molecule has 1 N–H and O–H groups in total. The van der Waals surface area contributed by atoms with E-state index in [1.807, 2.05) is 19.1 Å². The van der Waals surface area contributed by atoms with Crippen LogP contribution < -0.4 is 14.8 Å². The summed E-state index contributed by atoms with van der Waals surface area (Å²) in [4.78, 5) is 0. The van der Waals surface area contributed by atoms with Crippen LogP contribution in [0.4, 0.5) is 4.39 Å². The lowest BCUT2D eigenvalue weighted by molar-refractivity contribution is 0.129. The Bertz CT molecular complexity index is 729. The molecule has 2 aromatic rings. The fourth-order valence-corrected chi connectivity index (χ4v) is 3.03. The highest BCUT2D eigenvalue weighted by Gasteiger charge is 2.13. The second kappa shape index (κ2) is 15.3. The van der Waals surface area contributed by atoms with Crippen LogP contribution in [0.1, 0.15) is 44.2 Å². The average Bonchev–Trinajstić information content (AvgIpc) is 2.71. The third kappa shape index (κ3) is 9.52. The van der Waals surface area contributed by atoms with Crippen molar-refractivity contribution in [1.29, 1.82) is 0 Å². The first-order valence-electron chi connectivity index (χ1n) is 10.2. The molecule has 30 heavy (non-hydrogen) atoms. The van der Waals surface area contributed by atoms with Gasteiger partial charge in [-0.2, -0.15) is 0 Å². The van der Waals surface area contributed by atoms with Gasteiger partial charge in [-0.15, -0.1) is 12.4 Å². The molecule has 7 heteroatoms. The van der Waals surface area contributed by atoms with Gasteiger partial charge in [0.1, 0.15) is 12.4 Å². The number of nitrogens with one attached hydrogen (secondary N) is 1. The number of hydrogen-bond donors (Lipinski definition) is 1. The second-order valence-corrected chi connectivity index (χ2v) is 7.16. The van der Waals surface area contributed by atoms with E-state index in [1.54, 1.807) is 12.1 Å². The number of hydrogen-bond acceptors (Lipinski definition) is 4. The number of rotatable bonds is 14. The molecule has 0 spiro atoms. The SMILES string of the molecule is CCCCOCCCNCc1cc(Cl)c(OCc2ccc(F)cc2)c(OCC)c1.Cl. The average molecular weight is 460 g/mol. The van der Waals surface area contributed by atoms with E-state index in [4.69, 9.17) is 25.8 Å². The third-order valence-electron chi connectivity index (χ3n) is 4.28. The lowest BCUT2D eigenvalue weighted by Crippen LogP contribution is -2.16. The van der Waals surface area contributed by atoms with Crippen molar-refractivity contribution in [3.05, 3.63) is 58.4 Å². The monoisotopic (exact) mass is 459 g/mol. The van der Waals surface area contributed by atoms with Crippen molar-refractivity contribution >= 4 is 24.0 Å². The Morgan fingerprint density at radius 1 is 0.967 bits per heavy atom. The molecule has 0 atom stereocenters. The van der Waals surface area contributed by atoms with Crippen molar-refractivity contribution in [1.82, 2.24) is 5.32 Å². The summed E-state index contributed by atoms with van der Waals surface area (Å²) in [6.07, 6.45) is 3.24. The van der Waals surface area contributed by atoms with Gasteiger partial charge in [-0.25, -0.2) is 4.39 Å². The van der Waals surface area contributed by atoms with Crippen molar-refractivity contribution in [2.45, 2.75) is 46.3 Å². The lowest BCUT2D eigenvalue weighted by Gasteiger charge is -2.16. The Kier molecular flexibility index (Phi) is 13.5. The van der Waals surface area contributed by atoms with Gasteiger partial charge in [0.15, 0.2) is 11.5 Å². The van der Waals surface area contributed by atoms with Crippen molar-refractivity contribution < 1.29 is 18.6 Å². The molecule has 0 aliphatic carbocycles. The standard InChI is InChI=1S/C23H31ClFNO3.ClH/c1-3-5-12-27-13-6-11-26-16-19-14-21(24)23(22(15-19)28-4-2)29-17-18-7-9-20(25)10-8-18;/h7-10,14-15,26H,3-6,11-13,16-17H2,1-2H3;1H. The Hall–Kier alpha value is -1.53. The molecule has 0 saturated carbocycles. The van der Waals surface area contributed by atoms with Gasteiger partial charge in [-0.05, 0) is 61.7 Å². The maximum Gasteiger partial charge on any atom is 0.180 e. The summed E-state index contributed by atoms with van der Waals surface area (Å²) in [6.45, 7) is 8.04. The molecule has 0 aliphatic rings. The van der Waals surface area contributed by atoms with E-state index in [2.05, 4.69) is 12.2 Å². The van der Waals surface area contributed by atoms with Crippen LogP contribution in [0, 0.1) is 5.82 Å². The molecule has 0 unspecified atom stereocenters. The van der Waals surface area contributed by atoms with Crippen LogP contribution in [-0.2, 0) is 17.9 Å². The smallest absolute Gasteiger partial charge is 0.180 e.